The lowest BCUT2D eigenvalue weighted by Crippen LogP contribution is -2.45. The average Bonchev–Trinajstić information content (AvgIpc) is 2.49. The first-order valence-corrected chi connectivity index (χ1v) is 7.61. The maximum absolute atomic E-state index is 11.8. The summed E-state index contributed by atoms with van der Waals surface area (Å²) in [6.45, 7) is 2.09. The number of hydrogen-bond donors (Lipinski definition) is 3. The summed E-state index contributed by atoms with van der Waals surface area (Å²) in [5.74, 6) is -0.830. The van der Waals surface area contributed by atoms with Gasteiger partial charge in [0.1, 0.15) is 0 Å². The van der Waals surface area contributed by atoms with Gasteiger partial charge in [-0.05, 0) is 32.1 Å². The quantitative estimate of drug-likeness (QED) is 0.581. The normalized spacial score (nSPS) is 14.6. The molecule has 1 saturated heterocycles. The molecule has 0 aromatic rings. The number of amides is 3. The Hall–Kier alpha value is -1.79. The van der Waals surface area contributed by atoms with Gasteiger partial charge in [-0.2, -0.15) is 0 Å². The van der Waals surface area contributed by atoms with Gasteiger partial charge in [0.05, 0.1) is 6.54 Å². The molecule has 1 rings (SSSR count). The summed E-state index contributed by atoms with van der Waals surface area (Å²) >= 11 is 0. The number of unbranched alkanes of at least 4 members (excludes halogenated alkanes) is 2. The Morgan fingerprint density at radius 1 is 0.952 bits per heavy atom. The fraction of sp³-hybridized carbons (Fsp3) is 0.786. The lowest BCUT2D eigenvalue weighted by molar-refractivity contribution is -0.137. The van der Waals surface area contributed by atoms with Gasteiger partial charge in [-0.15, -0.1) is 0 Å². The lowest BCUT2D eigenvalue weighted by Gasteiger charge is -2.26. The Morgan fingerprint density at radius 3 is 2.33 bits per heavy atom. The number of carboxylic acids is 1. The molecule has 0 bridgehead atoms. The highest BCUT2D eigenvalue weighted by atomic mass is 16.4. The van der Waals surface area contributed by atoms with Gasteiger partial charge in [0, 0.05) is 26.1 Å². The van der Waals surface area contributed by atoms with Crippen molar-refractivity contribution in [1.29, 1.82) is 0 Å². The number of rotatable bonds is 8. The van der Waals surface area contributed by atoms with Crippen LogP contribution >= 0.6 is 0 Å². The number of aliphatic carboxylic acids is 1. The van der Waals surface area contributed by atoms with E-state index in [1.165, 1.54) is 6.42 Å². The average molecular weight is 299 g/mol. The standard InChI is InChI=1S/C14H25N3O4/c18-12(17-9-5-2-6-10-17)11-16-14(21)15-8-4-1-3-7-13(19)20/h1-11H2,(H,19,20)(H2,15,16,21). The van der Waals surface area contributed by atoms with Crippen LogP contribution in [-0.2, 0) is 9.59 Å². The van der Waals surface area contributed by atoms with Crippen LogP contribution in [0, 0.1) is 0 Å². The number of carbonyl (C=O) groups excluding carboxylic acids is 2. The number of likely N-dealkylation sites (tertiary alicyclic amines) is 1. The van der Waals surface area contributed by atoms with Crippen LogP contribution in [0.15, 0.2) is 0 Å². The van der Waals surface area contributed by atoms with Crippen LogP contribution in [-0.4, -0.2) is 54.1 Å². The van der Waals surface area contributed by atoms with Gasteiger partial charge < -0.3 is 20.6 Å². The zero-order chi connectivity index (χ0) is 15.5. The van der Waals surface area contributed by atoms with Gasteiger partial charge in [0.2, 0.25) is 5.91 Å². The fourth-order valence-electron chi connectivity index (χ4n) is 2.25. The molecule has 3 N–H and O–H groups in total. The largest absolute Gasteiger partial charge is 0.481 e. The highest BCUT2D eigenvalue weighted by Gasteiger charge is 2.16. The van der Waals surface area contributed by atoms with Gasteiger partial charge in [-0.25, -0.2) is 4.79 Å². The minimum absolute atomic E-state index is 0.0326. The van der Waals surface area contributed by atoms with Crippen LogP contribution in [0.2, 0.25) is 0 Å². The summed E-state index contributed by atoms with van der Waals surface area (Å²) in [5, 5.41) is 13.7. The van der Waals surface area contributed by atoms with Crippen LogP contribution in [0.25, 0.3) is 0 Å². The number of carboxylic acid groups (broad SMARTS) is 1. The second kappa shape index (κ2) is 10.0. The molecular formula is C14H25N3O4. The van der Waals surface area contributed by atoms with Crippen LogP contribution in [0.5, 0.6) is 0 Å². The first-order chi connectivity index (χ1) is 10.1. The second-order valence-corrected chi connectivity index (χ2v) is 5.26. The van der Waals surface area contributed by atoms with Crippen molar-refractivity contribution in [2.75, 3.05) is 26.2 Å². The van der Waals surface area contributed by atoms with Crippen molar-refractivity contribution >= 4 is 17.9 Å². The van der Waals surface area contributed by atoms with Crippen molar-refractivity contribution in [2.24, 2.45) is 0 Å². The van der Waals surface area contributed by atoms with Gasteiger partial charge in [0.25, 0.3) is 0 Å². The molecule has 0 atom stereocenters. The molecule has 3 amide bonds. The molecule has 0 unspecified atom stereocenters. The van der Waals surface area contributed by atoms with E-state index in [2.05, 4.69) is 10.6 Å². The predicted molar refractivity (Wildman–Crippen MR) is 77.9 cm³/mol. The van der Waals surface area contributed by atoms with Crippen molar-refractivity contribution in [2.45, 2.75) is 44.9 Å². The summed E-state index contributed by atoms with van der Waals surface area (Å²) in [6.07, 6.45) is 5.52. The highest BCUT2D eigenvalue weighted by Crippen LogP contribution is 2.08. The van der Waals surface area contributed by atoms with E-state index in [9.17, 15) is 14.4 Å². The van der Waals surface area contributed by atoms with Crippen LogP contribution in [0.3, 0.4) is 0 Å². The third-order valence-corrected chi connectivity index (χ3v) is 3.46. The third-order valence-electron chi connectivity index (χ3n) is 3.46. The van der Waals surface area contributed by atoms with E-state index in [0.717, 1.165) is 38.8 Å². The van der Waals surface area contributed by atoms with E-state index in [-0.39, 0.29) is 24.9 Å². The number of piperidine rings is 1. The predicted octanol–water partition coefficient (Wildman–Crippen LogP) is 0.943. The zero-order valence-electron chi connectivity index (χ0n) is 12.4. The Balaban J connectivity index is 2.00. The number of urea groups is 1. The first kappa shape index (κ1) is 17.3. The van der Waals surface area contributed by atoms with Gasteiger partial charge in [-0.1, -0.05) is 6.42 Å². The minimum Gasteiger partial charge on any atom is -0.481 e. The molecule has 0 spiro atoms. The molecule has 7 nitrogen and oxygen atoms in total. The Bertz CT molecular complexity index is 354. The molecule has 0 radical (unpaired) electrons. The molecule has 0 aliphatic carbocycles. The molecule has 21 heavy (non-hydrogen) atoms. The van der Waals surface area contributed by atoms with Crippen molar-refractivity contribution < 1.29 is 19.5 Å². The lowest BCUT2D eigenvalue weighted by atomic mass is 10.1. The van der Waals surface area contributed by atoms with E-state index < -0.39 is 5.97 Å². The monoisotopic (exact) mass is 299 g/mol. The van der Waals surface area contributed by atoms with E-state index in [0.29, 0.717) is 13.0 Å². The van der Waals surface area contributed by atoms with Crippen LogP contribution in [0.1, 0.15) is 44.9 Å². The maximum atomic E-state index is 11.8. The van der Waals surface area contributed by atoms with Crippen LogP contribution < -0.4 is 10.6 Å². The number of carbonyl (C=O) groups is 3. The Labute approximate surface area is 125 Å². The van der Waals surface area contributed by atoms with Crippen molar-refractivity contribution in [3.8, 4) is 0 Å². The fourth-order valence-corrected chi connectivity index (χ4v) is 2.25. The number of hydrogen-bond acceptors (Lipinski definition) is 3. The zero-order valence-corrected chi connectivity index (χ0v) is 12.4. The summed E-state index contributed by atoms with van der Waals surface area (Å²) in [6, 6.07) is -0.349. The van der Waals surface area contributed by atoms with E-state index in [4.69, 9.17) is 5.11 Å². The number of nitrogens with zero attached hydrogens (tertiary/aromatic N) is 1. The van der Waals surface area contributed by atoms with Gasteiger partial charge >= 0.3 is 12.0 Å². The van der Waals surface area contributed by atoms with E-state index in [1.54, 1.807) is 4.90 Å². The maximum Gasteiger partial charge on any atom is 0.315 e. The Morgan fingerprint density at radius 2 is 1.67 bits per heavy atom. The smallest absolute Gasteiger partial charge is 0.315 e. The summed E-state index contributed by atoms with van der Waals surface area (Å²) < 4.78 is 0. The summed E-state index contributed by atoms with van der Waals surface area (Å²) in [4.78, 5) is 35.4. The molecule has 0 saturated carbocycles. The van der Waals surface area contributed by atoms with Crippen molar-refractivity contribution in [1.82, 2.24) is 15.5 Å². The topological polar surface area (TPSA) is 98.7 Å². The highest BCUT2D eigenvalue weighted by molar-refractivity contribution is 5.84. The van der Waals surface area contributed by atoms with Gasteiger partial charge in [-0.3, -0.25) is 9.59 Å². The minimum atomic E-state index is -0.795. The van der Waals surface area contributed by atoms with Crippen LogP contribution in [0.4, 0.5) is 4.79 Å². The molecule has 0 aromatic carbocycles. The molecule has 1 aliphatic heterocycles. The molecule has 1 fully saturated rings. The first-order valence-electron chi connectivity index (χ1n) is 7.61. The van der Waals surface area contributed by atoms with E-state index >= 15 is 0 Å². The molecule has 1 aliphatic rings. The summed E-state index contributed by atoms with van der Waals surface area (Å²) in [7, 11) is 0. The molecule has 1 heterocycles. The third kappa shape index (κ3) is 8.16. The number of nitrogens with one attached hydrogen (secondary N) is 2. The molecule has 7 heteroatoms. The van der Waals surface area contributed by atoms with E-state index in [1.807, 2.05) is 0 Å². The molecule has 0 aromatic heterocycles. The second-order valence-electron chi connectivity index (χ2n) is 5.26. The van der Waals surface area contributed by atoms with Gasteiger partial charge in [0.15, 0.2) is 0 Å². The molecule has 120 valence electrons. The van der Waals surface area contributed by atoms with Crippen molar-refractivity contribution in [3.05, 3.63) is 0 Å². The SMILES string of the molecule is O=C(O)CCCCCNC(=O)NCC(=O)N1CCCCC1. The molecular weight excluding hydrogens is 274 g/mol. The van der Waals surface area contributed by atoms with Crippen molar-refractivity contribution in [3.63, 3.8) is 0 Å². The summed E-state index contributed by atoms with van der Waals surface area (Å²) in [5.41, 5.74) is 0. The Kier molecular flexibility index (Phi) is 8.23.